The molecule has 1 rings (SSSR count). The maximum absolute atomic E-state index is 5.49. The summed E-state index contributed by atoms with van der Waals surface area (Å²) < 4.78 is 5.49. The molecule has 0 heterocycles. The third-order valence-electron chi connectivity index (χ3n) is 2.56. The summed E-state index contributed by atoms with van der Waals surface area (Å²) in [5.74, 6) is 0. The fraction of sp³-hybridized carbons (Fsp3) is 0.600. The zero-order valence-electron chi connectivity index (χ0n) is 11.5. The van der Waals surface area contributed by atoms with E-state index < -0.39 is 0 Å². The van der Waals surface area contributed by atoms with Crippen molar-refractivity contribution in [2.24, 2.45) is 0 Å². The predicted molar refractivity (Wildman–Crippen MR) is 73.3 cm³/mol. The fourth-order valence-corrected chi connectivity index (χ4v) is 1.92. The second-order valence-corrected chi connectivity index (χ2v) is 4.95. The van der Waals surface area contributed by atoms with E-state index in [1.165, 1.54) is 16.7 Å². The number of benzene rings is 1. The van der Waals surface area contributed by atoms with E-state index in [1.807, 2.05) is 0 Å². The normalized spacial score (nSPS) is 11.1. The van der Waals surface area contributed by atoms with Crippen molar-refractivity contribution in [3.05, 3.63) is 34.9 Å². The third kappa shape index (κ3) is 6.44. The summed E-state index contributed by atoms with van der Waals surface area (Å²) in [6.45, 7) is 11.2. The lowest BCUT2D eigenvalue weighted by Gasteiger charge is -2.09. The van der Waals surface area contributed by atoms with Gasteiger partial charge < -0.3 is 10.1 Å². The summed E-state index contributed by atoms with van der Waals surface area (Å²) in [4.78, 5) is 0. The van der Waals surface area contributed by atoms with Crippen LogP contribution in [0.1, 0.15) is 37.0 Å². The van der Waals surface area contributed by atoms with Crippen molar-refractivity contribution in [2.45, 2.75) is 46.8 Å². The zero-order chi connectivity index (χ0) is 12.7. The van der Waals surface area contributed by atoms with Crippen LogP contribution in [0.15, 0.2) is 18.2 Å². The van der Waals surface area contributed by atoms with Crippen LogP contribution in [-0.2, 0) is 11.3 Å². The van der Waals surface area contributed by atoms with E-state index in [9.17, 15) is 0 Å². The monoisotopic (exact) mass is 235 g/mol. The molecule has 0 aromatic heterocycles. The molecule has 1 aromatic carbocycles. The van der Waals surface area contributed by atoms with Crippen molar-refractivity contribution in [3.8, 4) is 0 Å². The number of hydrogen-bond acceptors (Lipinski definition) is 2. The molecular formula is C15H25NO. The molecule has 0 fully saturated rings. The van der Waals surface area contributed by atoms with Crippen molar-refractivity contribution in [3.63, 3.8) is 0 Å². The van der Waals surface area contributed by atoms with Crippen molar-refractivity contribution < 1.29 is 4.74 Å². The molecule has 2 heteroatoms. The second kappa shape index (κ2) is 7.46. The molecule has 96 valence electrons. The van der Waals surface area contributed by atoms with Gasteiger partial charge in [0.15, 0.2) is 0 Å². The molecule has 0 unspecified atom stereocenters. The summed E-state index contributed by atoms with van der Waals surface area (Å²) in [6.07, 6.45) is 1.41. The van der Waals surface area contributed by atoms with Crippen LogP contribution >= 0.6 is 0 Å². The van der Waals surface area contributed by atoms with E-state index in [-0.39, 0.29) is 0 Å². The van der Waals surface area contributed by atoms with Crippen LogP contribution in [0.2, 0.25) is 0 Å². The van der Waals surface area contributed by atoms with Crippen LogP contribution in [0.25, 0.3) is 0 Å². The highest BCUT2D eigenvalue weighted by Gasteiger charge is 1.96. The van der Waals surface area contributed by atoms with Crippen LogP contribution in [0.4, 0.5) is 0 Å². The minimum atomic E-state index is 0.342. The third-order valence-corrected chi connectivity index (χ3v) is 2.56. The average molecular weight is 235 g/mol. The van der Waals surface area contributed by atoms with Gasteiger partial charge in [-0.25, -0.2) is 0 Å². The molecule has 0 atom stereocenters. The van der Waals surface area contributed by atoms with Gasteiger partial charge in [-0.15, -0.1) is 0 Å². The smallest absolute Gasteiger partial charge is 0.0518 e. The Bertz CT molecular complexity index is 313. The molecule has 1 N–H and O–H groups in total. The van der Waals surface area contributed by atoms with Gasteiger partial charge in [-0.2, -0.15) is 0 Å². The van der Waals surface area contributed by atoms with E-state index in [4.69, 9.17) is 4.74 Å². The first-order chi connectivity index (χ1) is 8.08. The van der Waals surface area contributed by atoms with E-state index in [1.54, 1.807) is 0 Å². The molecule has 0 aliphatic rings. The predicted octanol–water partition coefficient (Wildman–Crippen LogP) is 3.21. The molecule has 0 amide bonds. The Morgan fingerprint density at radius 2 is 1.76 bits per heavy atom. The Labute approximate surface area is 105 Å². The molecular weight excluding hydrogens is 210 g/mol. The van der Waals surface area contributed by atoms with Crippen LogP contribution < -0.4 is 5.32 Å². The Balaban J connectivity index is 2.18. The Hall–Kier alpha value is -0.860. The minimum Gasteiger partial charge on any atom is -0.379 e. The summed E-state index contributed by atoms with van der Waals surface area (Å²) in [5.41, 5.74) is 4.04. The summed E-state index contributed by atoms with van der Waals surface area (Å²) >= 11 is 0. The van der Waals surface area contributed by atoms with Gasteiger partial charge in [0.2, 0.25) is 0 Å². The maximum atomic E-state index is 5.49. The first-order valence-corrected chi connectivity index (χ1v) is 6.47. The number of nitrogens with one attached hydrogen (secondary N) is 1. The Morgan fingerprint density at radius 1 is 1.12 bits per heavy atom. The SMILES string of the molecule is Cc1cc(C)cc(CNCCCOC(C)C)c1. The van der Waals surface area contributed by atoms with Crippen LogP contribution in [0.5, 0.6) is 0 Å². The summed E-state index contributed by atoms with van der Waals surface area (Å²) in [5, 5.41) is 3.45. The lowest BCUT2D eigenvalue weighted by atomic mass is 10.1. The molecule has 0 saturated heterocycles. The lowest BCUT2D eigenvalue weighted by Crippen LogP contribution is -2.17. The Kier molecular flexibility index (Phi) is 6.23. The number of hydrogen-bond donors (Lipinski definition) is 1. The van der Waals surface area contributed by atoms with E-state index in [2.05, 4.69) is 51.2 Å². The highest BCUT2D eigenvalue weighted by Crippen LogP contribution is 2.08. The van der Waals surface area contributed by atoms with E-state index in [0.717, 1.165) is 26.1 Å². The fourth-order valence-electron chi connectivity index (χ4n) is 1.92. The second-order valence-electron chi connectivity index (χ2n) is 4.95. The first-order valence-electron chi connectivity index (χ1n) is 6.47. The van der Waals surface area contributed by atoms with Crippen molar-refractivity contribution in [1.82, 2.24) is 5.32 Å². The topological polar surface area (TPSA) is 21.3 Å². The van der Waals surface area contributed by atoms with Gasteiger partial charge in [-0.05, 0) is 46.2 Å². The first kappa shape index (κ1) is 14.2. The number of rotatable bonds is 7. The summed E-state index contributed by atoms with van der Waals surface area (Å²) in [7, 11) is 0. The highest BCUT2D eigenvalue weighted by molar-refractivity contribution is 5.28. The largest absolute Gasteiger partial charge is 0.379 e. The van der Waals surface area contributed by atoms with Gasteiger partial charge in [-0.1, -0.05) is 29.3 Å². The molecule has 0 saturated carbocycles. The quantitative estimate of drug-likeness (QED) is 0.733. The van der Waals surface area contributed by atoms with Crippen molar-refractivity contribution >= 4 is 0 Å². The molecule has 0 radical (unpaired) electrons. The van der Waals surface area contributed by atoms with E-state index >= 15 is 0 Å². The van der Waals surface area contributed by atoms with E-state index in [0.29, 0.717) is 6.10 Å². The van der Waals surface area contributed by atoms with Gasteiger partial charge in [-0.3, -0.25) is 0 Å². The van der Waals surface area contributed by atoms with Gasteiger partial charge >= 0.3 is 0 Å². The average Bonchev–Trinajstić information content (AvgIpc) is 2.21. The van der Waals surface area contributed by atoms with Gasteiger partial charge in [0.25, 0.3) is 0 Å². The van der Waals surface area contributed by atoms with Gasteiger partial charge in [0.1, 0.15) is 0 Å². The van der Waals surface area contributed by atoms with Crippen LogP contribution in [-0.4, -0.2) is 19.3 Å². The van der Waals surface area contributed by atoms with Crippen molar-refractivity contribution in [2.75, 3.05) is 13.2 Å². The van der Waals surface area contributed by atoms with Gasteiger partial charge in [0, 0.05) is 13.2 Å². The van der Waals surface area contributed by atoms with Crippen molar-refractivity contribution in [1.29, 1.82) is 0 Å². The standard InChI is InChI=1S/C15H25NO/c1-12(2)17-7-5-6-16-11-15-9-13(3)8-14(4)10-15/h8-10,12,16H,5-7,11H2,1-4H3. The zero-order valence-corrected chi connectivity index (χ0v) is 11.5. The Morgan fingerprint density at radius 3 is 2.35 bits per heavy atom. The van der Waals surface area contributed by atoms with Crippen LogP contribution in [0.3, 0.4) is 0 Å². The molecule has 0 aliphatic heterocycles. The number of ether oxygens (including phenoxy) is 1. The molecule has 0 spiro atoms. The molecule has 2 nitrogen and oxygen atoms in total. The lowest BCUT2D eigenvalue weighted by molar-refractivity contribution is 0.0770. The summed E-state index contributed by atoms with van der Waals surface area (Å²) in [6, 6.07) is 6.69. The number of aryl methyl sites for hydroxylation is 2. The maximum Gasteiger partial charge on any atom is 0.0518 e. The molecule has 0 aliphatic carbocycles. The molecule has 1 aromatic rings. The minimum absolute atomic E-state index is 0.342. The highest BCUT2D eigenvalue weighted by atomic mass is 16.5. The molecule has 17 heavy (non-hydrogen) atoms. The van der Waals surface area contributed by atoms with Gasteiger partial charge in [0.05, 0.1) is 6.10 Å². The van der Waals surface area contributed by atoms with Crippen LogP contribution in [0, 0.1) is 13.8 Å². The molecule has 0 bridgehead atoms.